The van der Waals surface area contributed by atoms with E-state index in [1.807, 2.05) is 4.98 Å². The van der Waals surface area contributed by atoms with Gasteiger partial charge >= 0.3 is 5.69 Å². The maximum atomic E-state index is 11.6. The van der Waals surface area contributed by atoms with Crippen LogP contribution in [0.1, 0.15) is 19.3 Å². The summed E-state index contributed by atoms with van der Waals surface area (Å²) in [4.78, 5) is 26.6. The average Bonchev–Trinajstić information content (AvgIpc) is 2.37. The van der Waals surface area contributed by atoms with E-state index in [9.17, 15) is 18.0 Å². The van der Waals surface area contributed by atoms with Crippen LogP contribution < -0.4 is 11.2 Å². The van der Waals surface area contributed by atoms with Crippen molar-refractivity contribution < 1.29 is 8.42 Å². The lowest BCUT2D eigenvalue weighted by molar-refractivity contribution is 0.219. The van der Waals surface area contributed by atoms with Gasteiger partial charge in [0.15, 0.2) is 4.90 Å². The zero-order valence-corrected chi connectivity index (χ0v) is 12.4. The fourth-order valence-corrected chi connectivity index (χ4v) is 3.12. The lowest BCUT2D eigenvalue weighted by atomic mass is 10.1. The first kappa shape index (κ1) is 15.3. The van der Waals surface area contributed by atoms with Gasteiger partial charge in [-0.1, -0.05) is 6.42 Å². The number of aromatic nitrogens is 2. The molecule has 9 heteroatoms. The quantitative estimate of drug-likeness (QED) is 0.785. The average molecular weight is 322 g/mol. The van der Waals surface area contributed by atoms with E-state index in [4.69, 9.17) is 10.7 Å². The molecule has 2 rings (SSSR count). The normalized spacial score (nSPS) is 17.2. The van der Waals surface area contributed by atoms with Crippen LogP contribution in [-0.2, 0) is 15.6 Å². The first-order valence-electron chi connectivity index (χ1n) is 6.39. The highest BCUT2D eigenvalue weighted by atomic mass is 35.7. The second-order valence-corrected chi connectivity index (χ2v) is 7.32. The zero-order chi connectivity index (χ0) is 14.8. The Morgan fingerprint density at radius 3 is 2.40 bits per heavy atom. The minimum atomic E-state index is -4.16. The molecule has 112 valence electrons. The number of hydrogen-bond donors (Lipinski definition) is 1. The number of likely N-dealkylation sites (tertiary alicyclic amines) is 1. The minimum Gasteiger partial charge on any atom is -0.302 e. The second-order valence-electron chi connectivity index (χ2n) is 4.79. The lowest BCUT2D eigenvalue weighted by Crippen LogP contribution is -2.37. The maximum absolute atomic E-state index is 11.6. The molecule has 7 nitrogen and oxygen atoms in total. The molecule has 1 aromatic rings. The van der Waals surface area contributed by atoms with E-state index < -0.39 is 25.2 Å². The van der Waals surface area contributed by atoms with Crippen molar-refractivity contribution in [1.82, 2.24) is 14.5 Å². The van der Waals surface area contributed by atoms with Crippen molar-refractivity contribution in [2.45, 2.75) is 30.7 Å². The van der Waals surface area contributed by atoms with Gasteiger partial charge in [-0.15, -0.1) is 0 Å². The van der Waals surface area contributed by atoms with E-state index in [0.717, 1.165) is 32.1 Å². The molecule has 1 aliphatic heterocycles. The van der Waals surface area contributed by atoms with Gasteiger partial charge in [-0.2, -0.15) is 0 Å². The van der Waals surface area contributed by atoms with Crippen LogP contribution in [0.25, 0.3) is 0 Å². The molecule has 0 bridgehead atoms. The van der Waals surface area contributed by atoms with Gasteiger partial charge in [0.1, 0.15) is 0 Å². The summed E-state index contributed by atoms with van der Waals surface area (Å²) in [7, 11) is 1.00. The van der Waals surface area contributed by atoms with Crippen LogP contribution in [0, 0.1) is 0 Å². The predicted octanol–water partition coefficient (Wildman–Crippen LogP) is -0.0500. The molecule has 0 amide bonds. The van der Waals surface area contributed by atoms with E-state index >= 15 is 0 Å². The van der Waals surface area contributed by atoms with Gasteiger partial charge in [-0.05, 0) is 25.9 Å². The molecule has 1 aromatic heterocycles. The highest BCUT2D eigenvalue weighted by Crippen LogP contribution is 2.09. The number of aromatic amines is 1. The van der Waals surface area contributed by atoms with E-state index in [1.165, 1.54) is 11.0 Å². The third kappa shape index (κ3) is 3.71. The molecule has 0 aromatic carbocycles. The first-order chi connectivity index (χ1) is 9.38. The Morgan fingerprint density at radius 2 is 1.80 bits per heavy atom. The monoisotopic (exact) mass is 321 g/mol. The van der Waals surface area contributed by atoms with Gasteiger partial charge in [0, 0.05) is 30.0 Å². The number of nitrogens with one attached hydrogen (secondary N) is 1. The Morgan fingerprint density at radius 1 is 1.15 bits per heavy atom. The Bertz CT molecular complexity index is 688. The third-order valence-electron chi connectivity index (χ3n) is 3.35. The molecule has 1 N–H and O–H groups in total. The van der Waals surface area contributed by atoms with Crippen LogP contribution in [0.15, 0.2) is 20.7 Å². The van der Waals surface area contributed by atoms with E-state index in [1.54, 1.807) is 0 Å². The fourth-order valence-electron chi connectivity index (χ4n) is 2.26. The molecule has 2 heterocycles. The van der Waals surface area contributed by atoms with Gasteiger partial charge in [0.2, 0.25) is 0 Å². The predicted molar refractivity (Wildman–Crippen MR) is 74.7 cm³/mol. The topological polar surface area (TPSA) is 92.2 Å². The van der Waals surface area contributed by atoms with Crippen LogP contribution >= 0.6 is 10.7 Å². The Balaban J connectivity index is 2.19. The van der Waals surface area contributed by atoms with Crippen molar-refractivity contribution in [3.63, 3.8) is 0 Å². The van der Waals surface area contributed by atoms with Crippen LogP contribution in [0.3, 0.4) is 0 Å². The molecular weight excluding hydrogens is 306 g/mol. The summed E-state index contributed by atoms with van der Waals surface area (Å²) in [5, 5.41) is 0. The number of halogens is 1. The van der Waals surface area contributed by atoms with Crippen LogP contribution in [0.5, 0.6) is 0 Å². The molecule has 0 unspecified atom stereocenters. The summed E-state index contributed by atoms with van der Waals surface area (Å²) in [5.41, 5.74) is -1.62. The van der Waals surface area contributed by atoms with Gasteiger partial charge in [0.25, 0.3) is 14.6 Å². The number of rotatable bonds is 4. The summed E-state index contributed by atoms with van der Waals surface area (Å²) in [6.45, 7) is 2.89. The highest BCUT2D eigenvalue weighted by molar-refractivity contribution is 8.13. The van der Waals surface area contributed by atoms with Crippen molar-refractivity contribution in [1.29, 1.82) is 0 Å². The molecule has 1 saturated heterocycles. The smallest absolute Gasteiger partial charge is 0.302 e. The molecule has 1 fully saturated rings. The number of H-pyrrole nitrogens is 1. The number of piperidine rings is 1. The molecular formula is C11H16ClN3O4S. The highest BCUT2D eigenvalue weighted by Gasteiger charge is 2.17. The van der Waals surface area contributed by atoms with Crippen molar-refractivity contribution in [2.24, 2.45) is 0 Å². The second kappa shape index (κ2) is 6.11. The van der Waals surface area contributed by atoms with E-state index in [0.29, 0.717) is 13.1 Å². The van der Waals surface area contributed by atoms with Crippen molar-refractivity contribution in [3.8, 4) is 0 Å². The maximum Gasteiger partial charge on any atom is 0.328 e. The molecule has 0 atom stereocenters. The number of nitrogens with zero attached hydrogens (tertiary/aromatic N) is 2. The number of hydrogen-bond acceptors (Lipinski definition) is 5. The summed E-state index contributed by atoms with van der Waals surface area (Å²) in [6.07, 6.45) is 4.47. The summed E-state index contributed by atoms with van der Waals surface area (Å²) >= 11 is 0. The van der Waals surface area contributed by atoms with Gasteiger partial charge in [-0.25, -0.2) is 13.2 Å². The first-order valence-corrected chi connectivity index (χ1v) is 8.69. The Kier molecular flexibility index (Phi) is 4.66. The molecule has 1 aliphatic rings. The standard InChI is InChI=1S/C11H16ClN3O4S/c12-20(18,19)9-8-15(11(17)13-10(9)16)7-6-14-4-2-1-3-5-14/h8H,1-7H2,(H,13,16,17). The van der Waals surface area contributed by atoms with Gasteiger partial charge in [0.05, 0.1) is 0 Å². The van der Waals surface area contributed by atoms with Crippen LogP contribution in [0.4, 0.5) is 0 Å². The van der Waals surface area contributed by atoms with E-state index in [2.05, 4.69) is 4.90 Å². The van der Waals surface area contributed by atoms with Crippen LogP contribution in [0.2, 0.25) is 0 Å². The van der Waals surface area contributed by atoms with Crippen molar-refractivity contribution in [3.05, 3.63) is 27.0 Å². The zero-order valence-electron chi connectivity index (χ0n) is 10.8. The van der Waals surface area contributed by atoms with Gasteiger partial charge < -0.3 is 4.90 Å². The van der Waals surface area contributed by atoms with Crippen molar-refractivity contribution >= 4 is 19.7 Å². The minimum absolute atomic E-state index is 0.315. The lowest BCUT2D eigenvalue weighted by Gasteiger charge is -2.26. The fraction of sp³-hybridized carbons (Fsp3) is 0.636. The largest absolute Gasteiger partial charge is 0.328 e. The van der Waals surface area contributed by atoms with E-state index in [-0.39, 0.29) is 0 Å². The summed E-state index contributed by atoms with van der Waals surface area (Å²) in [6, 6.07) is 0. The van der Waals surface area contributed by atoms with Crippen LogP contribution in [-0.4, -0.2) is 42.5 Å². The molecule has 0 aliphatic carbocycles. The SMILES string of the molecule is O=c1[nH]c(=O)n(CCN2CCCCC2)cc1S(=O)(=O)Cl. The Labute approximate surface area is 120 Å². The summed E-state index contributed by atoms with van der Waals surface area (Å²) in [5.74, 6) is 0. The molecule has 0 radical (unpaired) electrons. The molecule has 0 spiro atoms. The summed E-state index contributed by atoms with van der Waals surface area (Å²) < 4.78 is 23.7. The molecule has 0 saturated carbocycles. The van der Waals surface area contributed by atoms with Gasteiger partial charge in [-0.3, -0.25) is 14.3 Å². The Hall–Kier alpha value is -1.12. The van der Waals surface area contributed by atoms with Crippen molar-refractivity contribution in [2.75, 3.05) is 19.6 Å². The molecule has 20 heavy (non-hydrogen) atoms. The third-order valence-corrected chi connectivity index (χ3v) is 4.66.